The highest BCUT2D eigenvalue weighted by atomic mass is 16.5. The van der Waals surface area contributed by atoms with Crippen LogP contribution in [-0.2, 0) is 9.47 Å². The Bertz CT molecular complexity index is 1170. The molecule has 3 aromatic rings. The summed E-state index contributed by atoms with van der Waals surface area (Å²) in [5.41, 5.74) is 0.780. The van der Waals surface area contributed by atoms with Crippen molar-refractivity contribution in [2.45, 2.75) is 25.7 Å². The number of hydrogen-bond donors (Lipinski definition) is 2. The summed E-state index contributed by atoms with van der Waals surface area (Å²) in [6, 6.07) is 21.2. The molecule has 0 radical (unpaired) electrons. The van der Waals surface area contributed by atoms with Gasteiger partial charge in [0.1, 0.15) is 49.4 Å². The first-order chi connectivity index (χ1) is 21.7. The number of rotatable bonds is 0. The summed E-state index contributed by atoms with van der Waals surface area (Å²) in [7, 11) is 0. The van der Waals surface area contributed by atoms with E-state index in [2.05, 4.69) is 10.6 Å². The van der Waals surface area contributed by atoms with Crippen LogP contribution < -0.4 is 29.6 Å². The number of amides is 2. The van der Waals surface area contributed by atoms with Gasteiger partial charge in [-0.1, -0.05) is 18.9 Å². The van der Waals surface area contributed by atoms with Crippen molar-refractivity contribution in [3.05, 3.63) is 83.9 Å². The predicted molar refractivity (Wildman–Crippen MR) is 166 cm³/mol. The molecule has 0 spiro atoms. The first kappa shape index (κ1) is 32.6. The van der Waals surface area contributed by atoms with Crippen molar-refractivity contribution in [3.8, 4) is 23.0 Å². The second kappa shape index (κ2) is 19.1. The molecule has 7 rings (SSSR count). The van der Waals surface area contributed by atoms with Crippen molar-refractivity contribution in [2.75, 3.05) is 65.9 Å². The number of hydrogen-bond acceptors (Lipinski definition) is 8. The number of nitrogens with one attached hydrogen (secondary N) is 2. The third-order valence-corrected chi connectivity index (χ3v) is 6.67. The van der Waals surface area contributed by atoms with Crippen LogP contribution in [0.5, 0.6) is 23.0 Å². The largest absolute Gasteiger partial charge is 0.492 e. The molecule has 6 bridgehead atoms. The monoisotopic (exact) mass is 606 g/mol. The molecule has 10 heteroatoms. The number of carbonyl (C=O) groups excluding carboxylic acids is 2. The van der Waals surface area contributed by atoms with E-state index in [-0.39, 0.29) is 11.8 Å². The summed E-state index contributed by atoms with van der Waals surface area (Å²) in [6.45, 7) is 4.65. The summed E-state index contributed by atoms with van der Waals surface area (Å²) >= 11 is 0. The zero-order valence-corrected chi connectivity index (χ0v) is 25.1. The quantitative estimate of drug-likeness (QED) is 0.380. The molecular formula is C34H42N2O8. The van der Waals surface area contributed by atoms with Gasteiger partial charge in [0.05, 0.1) is 26.3 Å². The third kappa shape index (κ3) is 12.1. The zero-order valence-electron chi connectivity index (χ0n) is 25.1. The van der Waals surface area contributed by atoms with Crippen molar-refractivity contribution >= 4 is 11.8 Å². The first-order valence-electron chi connectivity index (χ1n) is 15.2. The lowest BCUT2D eigenvalue weighted by molar-refractivity contribution is 0.0907. The van der Waals surface area contributed by atoms with Gasteiger partial charge in [-0.15, -0.1) is 0 Å². The van der Waals surface area contributed by atoms with Gasteiger partial charge >= 0.3 is 0 Å². The van der Waals surface area contributed by atoms with E-state index in [1.165, 1.54) is 0 Å². The fraction of sp³-hybridized carbons (Fsp3) is 0.412. The molecular weight excluding hydrogens is 564 g/mol. The van der Waals surface area contributed by atoms with Crippen molar-refractivity contribution < 1.29 is 38.0 Å². The number of carbonyl (C=O) groups is 2. The SMILES string of the molecule is O=C1NCCOc2ccc(cc2)OCCOCCCCCCOCCOc2ccc(cc2)OCCNC(=O)c2cccc1c2. The van der Waals surface area contributed by atoms with Gasteiger partial charge in [0.15, 0.2) is 0 Å². The highest BCUT2D eigenvalue weighted by molar-refractivity contribution is 5.99. The molecule has 4 aliphatic rings. The minimum absolute atomic E-state index is 0.287. The van der Waals surface area contributed by atoms with E-state index in [1.807, 2.05) is 48.5 Å². The average Bonchev–Trinajstić information content (AvgIpc) is 3.06. The van der Waals surface area contributed by atoms with Gasteiger partial charge in [-0.05, 0) is 79.6 Å². The van der Waals surface area contributed by atoms with Gasteiger partial charge in [0.25, 0.3) is 11.8 Å². The maximum absolute atomic E-state index is 12.6. The minimum atomic E-state index is -0.287. The van der Waals surface area contributed by atoms with Crippen LogP contribution >= 0.6 is 0 Å². The molecule has 4 aliphatic heterocycles. The Labute approximate surface area is 258 Å². The highest BCUT2D eigenvalue weighted by Gasteiger charge is 2.10. The van der Waals surface area contributed by atoms with Crippen LogP contribution in [0.3, 0.4) is 0 Å². The normalized spacial score (nSPS) is 17.3. The Morgan fingerprint density at radius 1 is 0.432 bits per heavy atom. The summed E-state index contributed by atoms with van der Waals surface area (Å²) in [6.07, 6.45) is 4.21. The van der Waals surface area contributed by atoms with Gasteiger partial charge in [-0.3, -0.25) is 9.59 Å². The van der Waals surface area contributed by atoms with E-state index in [1.54, 1.807) is 24.3 Å². The predicted octanol–water partition coefficient (Wildman–Crippen LogP) is 4.67. The van der Waals surface area contributed by atoms with Crippen LogP contribution in [-0.4, -0.2) is 77.8 Å². The van der Waals surface area contributed by atoms with Crippen LogP contribution in [0, 0.1) is 0 Å². The Morgan fingerprint density at radius 3 is 1.23 bits per heavy atom. The molecule has 0 saturated carbocycles. The first-order valence-corrected chi connectivity index (χ1v) is 15.2. The van der Waals surface area contributed by atoms with Crippen molar-refractivity contribution in [3.63, 3.8) is 0 Å². The van der Waals surface area contributed by atoms with Gasteiger partial charge in [0.2, 0.25) is 0 Å². The van der Waals surface area contributed by atoms with E-state index in [4.69, 9.17) is 28.4 Å². The van der Waals surface area contributed by atoms with E-state index in [0.717, 1.165) is 37.2 Å². The molecule has 3 aromatic carbocycles. The second-order valence-corrected chi connectivity index (χ2v) is 10.1. The molecule has 2 amide bonds. The van der Waals surface area contributed by atoms with Gasteiger partial charge in [-0.25, -0.2) is 0 Å². The third-order valence-electron chi connectivity index (χ3n) is 6.67. The van der Waals surface area contributed by atoms with Gasteiger partial charge < -0.3 is 39.1 Å². The molecule has 44 heavy (non-hydrogen) atoms. The molecule has 4 heterocycles. The molecule has 10 nitrogen and oxygen atoms in total. The van der Waals surface area contributed by atoms with Crippen molar-refractivity contribution in [2.24, 2.45) is 0 Å². The smallest absolute Gasteiger partial charge is 0.251 e. The summed E-state index contributed by atoms with van der Waals surface area (Å²) in [5, 5.41) is 5.64. The summed E-state index contributed by atoms with van der Waals surface area (Å²) in [4.78, 5) is 25.3. The lowest BCUT2D eigenvalue weighted by Gasteiger charge is -2.11. The van der Waals surface area contributed by atoms with Crippen molar-refractivity contribution in [1.82, 2.24) is 10.6 Å². The molecule has 0 aliphatic carbocycles. The average molecular weight is 607 g/mol. The maximum Gasteiger partial charge on any atom is 0.251 e. The van der Waals surface area contributed by atoms with E-state index >= 15 is 0 Å². The summed E-state index contributed by atoms with van der Waals surface area (Å²) < 4.78 is 34.3. The summed E-state index contributed by atoms with van der Waals surface area (Å²) in [5.74, 6) is 2.25. The maximum atomic E-state index is 12.6. The fourth-order valence-electron chi connectivity index (χ4n) is 4.34. The lowest BCUT2D eigenvalue weighted by Crippen LogP contribution is -2.30. The molecule has 0 fully saturated rings. The fourth-order valence-corrected chi connectivity index (χ4v) is 4.34. The van der Waals surface area contributed by atoms with E-state index in [0.29, 0.717) is 88.6 Å². The standard InChI is InChI=1S/C34H42N2O8/c37-33-27-6-5-7-28(26-27)34(38)36-17-21-42-30-10-14-32(15-11-30)44-25-23-40-19-4-2-1-3-18-39-22-24-43-31-12-8-29(9-13-31)41-20-16-35-33/h5-15,26H,1-4,16-25H2,(H,35,37)(H,36,38). The van der Waals surface area contributed by atoms with Crippen LogP contribution in [0.15, 0.2) is 72.8 Å². The van der Waals surface area contributed by atoms with Gasteiger partial charge in [0, 0.05) is 24.3 Å². The van der Waals surface area contributed by atoms with Gasteiger partial charge in [-0.2, -0.15) is 0 Å². The van der Waals surface area contributed by atoms with E-state index < -0.39 is 0 Å². The highest BCUT2D eigenvalue weighted by Crippen LogP contribution is 2.18. The van der Waals surface area contributed by atoms with Crippen LogP contribution in [0.25, 0.3) is 0 Å². The van der Waals surface area contributed by atoms with E-state index in [9.17, 15) is 9.59 Å². The minimum Gasteiger partial charge on any atom is -0.492 e. The Balaban J connectivity index is 1.25. The molecule has 0 saturated heterocycles. The Kier molecular flexibility index (Phi) is 14.2. The number of benzene rings is 3. The van der Waals surface area contributed by atoms with Crippen LogP contribution in [0.2, 0.25) is 0 Å². The van der Waals surface area contributed by atoms with Crippen molar-refractivity contribution in [1.29, 1.82) is 0 Å². The second-order valence-electron chi connectivity index (χ2n) is 10.1. The molecule has 0 aromatic heterocycles. The van der Waals surface area contributed by atoms with Crippen LogP contribution in [0.1, 0.15) is 46.4 Å². The molecule has 2 N–H and O–H groups in total. The molecule has 0 atom stereocenters. The topological polar surface area (TPSA) is 114 Å². The molecule has 0 unspecified atom stereocenters. The molecule has 236 valence electrons. The zero-order chi connectivity index (χ0) is 30.7. The Morgan fingerprint density at radius 2 is 0.818 bits per heavy atom. The Hall–Kier alpha value is -4.28. The lowest BCUT2D eigenvalue weighted by atomic mass is 10.1. The number of ether oxygens (including phenoxy) is 6. The van der Waals surface area contributed by atoms with Crippen LogP contribution in [0.4, 0.5) is 0 Å².